The maximum atomic E-state index is 11.9. The van der Waals surface area contributed by atoms with Crippen molar-refractivity contribution in [1.29, 1.82) is 0 Å². The Hall–Kier alpha value is -1.04. The topological polar surface area (TPSA) is 57.6 Å². The summed E-state index contributed by atoms with van der Waals surface area (Å²) in [6.07, 6.45) is 2.11. The lowest BCUT2D eigenvalue weighted by atomic mass is 9.87. The fourth-order valence-corrected chi connectivity index (χ4v) is 3.32. The molecule has 0 radical (unpaired) electrons. The fourth-order valence-electron chi connectivity index (χ4n) is 2.61. The van der Waals surface area contributed by atoms with Crippen molar-refractivity contribution in [3.8, 4) is 0 Å². The molecule has 0 bridgehead atoms. The van der Waals surface area contributed by atoms with E-state index in [1.165, 1.54) is 0 Å². The maximum absolute atomic E-state index is 11.9. The van der Waals surface area contributed by atoms with E-state index in [0.29, 0.717) is 23.2 Å². The SMILES string of the molecule is CC(C)=CCC1=C(O)c2ccccc2C(=O)C1=O.Cl.ClCCN(CCCl)CCCl. The standard InChI is InChI=1S/C15H14O3.C6H12Cl3N.ClH/c1-9(2)7-8-12-13(16)10-5-3-4-6-11(10)14(17)15(12)18;7-1-4-10(5-2-8)6-3-9;/h3-7,16H,8H2,1-2H3;1-6H2;1H. The maximum Gasteiger partial charge on any atom is 0.234 e. The smallest absolute Gasteiger partial charge is 0.234 e. The van der Waals surface area contributed by atoms with Crippen LogP contribution in [0, 0.1) is 0 Å². The molecule has 0 unspecified atom stereocenters. The van der Waals surface area contributed by atoms with Crippen LogP contribution in [-0.2, 0) is 4.79 Å². The number of nitrogens with zero attached hydrogens (tertiary/aromatic N) is 1. The summed E-state index contributed by atoms with van der Waals surface area (Å²) in [6.45, 7) is 6.43. The molecule has 1 N–H and O–H groups in total. The van der Waals surface area contributed by atoms with Crippen molar-refractivity contribution in [1.82, 2.24) is 4.90 Å². The molecule has 0 spiro atoms. The first kappa shape index (κ1) is 28.0. The highest BCUT2D eigenvalue weighted by atomic mass is 35.5. The number of Topliss-reactive ketones (excluding diaryl/α,β-unsaturated/α-hetero) is 2. The van der Waals surface area contributed by atoms with Crippen LogP contribution >= 0.6 is 47.2 Å². The minimum atomic E-state index is -0.608. The Morgan fingerprint density at radius 3 is 1.86 bits per heavy atom. The molecule has 0 amide bonds. The molecular formula is C21H27Cl4NO3. The van der Waals surface area contributed by atoms with Crippen LogP contribution in [-0.4, -0.2) is 58.8 Å². The van der Waals surface area contributed by atoms with Gasteiger partial charge in [-0.3, -0.25) is 14.5 Å². The number of aliphatic hydroxyl groups is 1. The second kappa shape index (κ2) is 14.9. The molecular weight excluding hydrogens is 456 g/mol. The van der Waals surface area contributed by atoms with Crippen molar-refractivity contribution >= 4 is 64.5 Å². The van der Waals surface area contributed by atoms with Gasteiger partial charge in [-0.1, -0.05) is 35.9 Å². The van der Waals surface area contributed by atoms with Crippen LogP contribution in [0.3, 0.4) is 0 Å². The Kier molecular flexibility index (Phi) is 14.3. The molecule has 8 heteroatoms. The van der Waals surface area contributed by atoms with Gasteiger partial charge in [0.15, 0.2) is 0 Å². The highest BCUT2D eigenvalue weighted by Gasteiger charge is 2.31. The average Bonchev–Trinajstić information content (AvgIpc) is 2.67. The van der Waals surface area contributed by atoms with Gasteiger partial charge in [-0.05, 0) is 20.3 Å². The van der Waals surface area contributed by atoms with Crippen LogP contribution in [0.15, 0.2) is 41.5 Å². The quantitative estimate of drug-likeness (QED) is 0.301. The normalized spacial score (nSPS) is 12.8. The monoisotopic (exact) mass is 481 g/mol. The molecule has 1 aliphatic carbocycles. The fraction of sp³-hybridized carbons (Fsp3) is 0.429. The van der Waals surface area contributed by atoms with Crippen molar-refractivity contribution in [2.45, 2.75) is 20.3 Å². The van der Waals surface area contributed by atoms with Gasteiger partial charge in [-0.25, -0.2) is 0 Å². The number of allylic oxidation sites excluding steroid dienone is 3. The molecule has 0 aromatic heterocycles. The van der Waals surface area contributed by atoms with E-state index in [-0.39, 0.29) is 35.7 Å². The van der Waals surface area contributed by atoms with Gasteiger partial charge in [0, 0.05) is 54.0 Å². The van der Waals surface area contributed by atoms with Crippen LogP contribution < -0.4 is 0 Å². The van der Waals surface area contributed by atoms with E-state index in [1.54, 1.807) is 24.3 Å². The van der Waals surface area contributed by atoms with Gasteiger partial charge in [0.25, 0.3) is 0 Å². The number of alkyl halides is 3. The molecule has 1 aliphatic rings. The number of halogens is 4. The molecule has 2 rings (SSSR count). The zero-order valence-corrected chi connectivity index (χ0v) is 19.7. The van der Waals surface area contributed by atoms with Crippen LogP contribution in [0.1, 0.15) is 36.2 Å². The van der Waals surface area contributed by atoms with Gasteiger partial charge in [-0.2, -0.15) is 0 Å². The molecule has 0 saturated carbocycles. The summed E-state index contributed by atoms with van der Waals surface area (Å²) in [6, 6.07) is 6.62. The van der Waals surface area contributed by atoms with E-state index < -0.39 is 11.6 Å². The molecule has 4 nitrogen and oxygen atoms in total. The van der Waals surface area contributed by atoms with Crippen LogP contribution in [0.4, 0.5) is 0 Å². The number of hydrogen-bond acceptors (Lipinski definition) is 4. The summed E-state index contributed by atoms with van der Waals surface area (Å²) in [5.74, 6) is 0.715. The van der Waals surface area contributed by atoms with E-state index >= 15 is 0 Å². The highest BCUT2D eigenvalue weighted by Crippen LogP contribution is 2.29. The number of hydrogen-bond donors (Lipinski definition) is 1. The molecule has 162 valence electrons. The minimum absolute atomic E-state index is 0. The Morgan fingerprint density at radius 1 is 0.931 bits per heavy atom. The Morgan fingerprint density at radius 2 is 1.41 bits per heavy atom. The van der Waals surface area contributed by atoms with Gasteiger partial charge in [0.2, 0.25) is 11.6 Å². The van der Waals surface area contributed by atoms with Crippen molar-refractivity contribution in [3.05, 3.63) is 52.6 Å². The number of ketones is 2. The number of carbonyl (C=O) groups excluding carboxylic acids is 2. The van der Waals surface area contributed by atoms with Crippen molar-refractivity contribution in [2.75, 3.05) is 37.3 Å². The van der Waals surface area contributed by atoms with Crippen molar-refractivity contribution in [2.24, 2.45) is 0 Å². The predicted molar refractivity (Wildman–Crippen MR) is 125 cm³/mol. The van der Waals surface area contributed by atoms with E-state index in [4.69, 9.17) is 34.8 Å². The molecule has 0 fully saturated rings. The number of rotatable bonds is 8. The minimum Gasteiger partial charge on any atom is -0.507 e. The van der Waals surface area contributed by atoms with Gasteiger partial charge in [0.05, 0.1) is 0 Å². The summed E-state index contributed by atoms with van der Waals surface area (Å²) >= 11 is 16.6. The summed E-state index contributed by atoms with van der Waals surface area (Å²) in [7, 11) is 0. The Bertz CT molecular complexity index is 729. The second-order valence-corrected chi connectivity index (χ2v) is 7.56. The highest BCUT2D eigenvalue weighted by molar-refractivity contribution is 6.52. The van der Waals surface area contributed by atoms with Gasteiger partial charge < -0.3 is 5.11 Å². The Balaban J connectivity index is 0.000000616. The lowest BCUT2D eigenvalue weighted by Gasteiger charge is -2.17. The predicted octanol–water partition coefficient (Wildman–Crippen LogP) is 5.50. The van der Waals surface area contributed by atoms with E-state index in [2.05, 4.69) is 4.90 Å². The lowest BCUT2D eigenvalue weighted by molar-refractivity contribution is -0.112. The van der Waals surface area contributed by atoms with Crippen molar-refractivity contribution < 1.29 is 14.7 Å². The van der Waals surface area contributed by atoms with Crippen LogP contribution in [0.5, 0.6) is 0 Å². The average molecular weight is 483 g/mol. The zero-order chi connectivity index (χ0) is 21.1. The summed E-state index contributed by atoms with van der Waals surface area (Å²) in [4.78, 5) is 26.0. The zero-order valence-electron chi connectivity index (χ0n) is 16.6. The third-order valence-electron chi connectivity index (χ3n) is 4.11. The molecule has 0 aliphatic heterocycles. The summed E-state index contributed by atoms with van der Waals surface area (Å²) < 4.78 is 0. The largest absolute Gasteiger partial charge is 0.507 e. The van der Waals surface area contributed by atoms with E-state index in [0.717, 1.165) is 25.2 Å². The number of fused-ring (bicyclic) bond motifs is 1. The molecule has 0 saturated heterocycles. The van der Waals surface area contributed by atoms with Crippen molar-refractivity contribution in [3.63, 3.8) is 0 Å². The third-order valence-corrected chi connectivity index (χ3v) is 4.62. The number of carbonyl (C=O) groups is 2. The molecule has 1 aromatic rings. The lowest BCUT2D eigenvalue weighted by Crippen LogP contribution is -2.29. The molecule has 0 atom stereocenters. The summed E-state index contributed by atoms with van der Waals surface area (Å²) in [5, 5.41) is 10.1. The van der Waals surface area contributed by atoms with E-state index in [1.807, 2.05) is 19.9 Å². The number of aliphatic hydroxyl groups excluding tert-OH is 1. The molecule has 0 heterocycles. The summed E-state index contributed by atoms with van der Waals surface area (Å²) in [5.41, 5.74) is 1.94. The Labute approximate surface area is 193 Å². The van der Waals surface area contributed by atoms with Gasteiger partial charge in [0.1, 0.15) is 5.76 Å². The van der Waals surface area contributed by atoms with Crippen LogP contribution in [0.2, 0.25) is 0 Å². The first-order valence-corrected chi connectivity index (χ1v) is 10.6. The molecule has 1 aromatic carbocycles. The first-order chi connectivity index (χ1) is 13.4. The van der Waals surface area contributed by atoms with Gasteiger partial charge in [-0.15, -0.1) is 47.2 Å². The molecule has 29 heavy (non-hydrogen) atoms. The first-order valence-electron chi connectivity index (χ1n) is 9.01. The van der Waals surface area contributed by atoms with E-state index in [9.17, 15) is 14.7 Å². The third kappa shape index (κ3) is 8.69. The van der Waals surface area contributed by atoms with Crippen LogP contribution in [0.25, 0.3) is 5.76 Å². The number of benzene rings is 1. The van der Waals surface area contributed by atoms with Gasteiger partial charge >= 0.3 is 0 Å². The second-order valence-electron chi connectivity index (χ2n) is 6.43.